The first-order valence-electron chi connectivity index (χ1n) is 8.94. The molecule has 0 heterocycles. The predicted molar refractivity (Wildman–Crippen MR) is 81.7 cm³/mol. The summed E-state index contributed by atoms with van der Waals surface area (Å²) in [6, 6.07) is -0.407. The van der Waals surface area contributed by atoms with Gasteiger partial charge in [-0.05, 0) is 68.1 Å². The van der Waals surface area contributed by atoms with Crippen LogP contribution in [0.4, 0.5) is 0 Å². The van der Waals surface area contributed by atoms with E-state index in [-0.39, 0.29) is 28.2 Å². The van der Waals surface area contributed by atoms with Crippen LogP contribution in [-0.2, 0) is 4.79 Å². The molecule has 0 aromatic rings. The first kappa shape index (κ1) is 14.5. The molecule has 0 radical (unpaired) electrons. The van der Waals surface area contributed by atoms with Crippen molar-refractivity contribution < 1.29 is 9.72 Å². The minimum absolute atomic E-state index is 0.0655. The molecule has 122 valence electrons. The summed E-state index contributed by atoms with van der Waals surface area (Å²) < 4.78 is 0. The van der Waals surface area contributed by atoms with Crippen LogP contribution in [0.2, 0.25) is 0 Å². The topological polar surface area (TPSA) is 72.2 Å². The summed E-state index contributed by atoms with van der Waals surface area (Å²) in [6.45, 7) is 2.15. The highest BCUT2D eigenvalue weighted by atomic mass is 16.6. The lowest BCUT2D eigenvalue weighted by Crippen LogP contribution is -2.57. The SMILES string of the molecule is CC[C@H](NC(=O)[C@@H]1C[C@@H]1[N+](=O)[O-])C12CC3CC(CC(C3)C1)C2. The minimum atomic E-state index is -0.631. The summed E-state index contributed by atoms with van der Waals surface area (Å²) >= 11 is 0. The number of hydrogen-bond acceptors (Lipinski definition) is 3. The van der Waals surface area contributed by atoms with Crippen molar-refractivity contribution in [2.24, 2.45) is 29.1 Å². The molecular weight excluding hydrogens is 280 g/mol. The van der Waals surface area contributed by atoms with E-state index in [1.807, 2.05) is 0 Å². The maximum Gasteiger partial charge on any atom is 0.230 e. The van der Waals surface area contributed by atoms with E-state index in [0.717, 1.165) is 24.2 Å². The summed E-state index contributed by atoms with van der Waals surface area (Å²) in [6.07, 6.45) is 9.37. The molecule has 5 aliphatic carbocycles. The van der Waals surface area contributed by atoms with Crippen molar-refractivity contribution in [2.45, 2.75) is 70.4 Å². The standard InChI is InChI=1S/C17H26N2O3/c1-2-15(18-16(20)13-6-14(13)19(21)22)17-7-10-3-11(8-17)5-12(4-10)9-17/h10-15H,2-9H2,1H3,(H,18,20)/t10?,11?,12?,13-,14+,15+,17?/m1/s1. The Morgan fingerprint density at radius 1 is 1.18 bits per heavy atom. The molecule has 5 nitrogen and oxygen atoms in total. The Hall–Kier alpha value is -1.13. The molecule has 1 N–H and O–H groups in total. The first-order valence-corrected chi connectivity index (χ1v) is 8.94. The second-order valence-corrected chi connectivity index (χ2v) is 8.44. The van der Waals surface area contributed by atoms with Gasteiger partial charge < -0.3 is 5.32 Å². The molecule has 5 rings (SSSR count). The molecule has 3 atom stereocenters. The number of carbonyl (C=O) groups is 1. The molecule has 5 heteroatoms. The van der Waals surface area contributed by atoms with Crippen LogP contribution in [0.5, 0.6) is 0 Å². The number of amides is 1. The largest absolute Gasteiger partial charge is 0.352 e. The van der Waals surface area contributed by atoms with Gasteiger partial charge in [-0.3, -0.25) is 14.9 Å². The fraction of sp³-hybridized carbons (Fsp3) is 0.941. The molecule has 4 bridgehead atoms. The van der Waals surface area contributed by atoms with E-state index in [9.17, 15) is 14.9 Å². The number of carbonyl (C=O) groups excluding carboxylic acids is 1. The van der Waals surface area contributed by atoms with E-state index in [1.165, 1.54) is 38.5 Å². The quantitative estimate of drug-likeness (QED) is 0.627. The molecule has 0 aromatic heterocycles. The lowest BCUT2D eigenvalue weighted by molar-refractivity contribution is -0.497. The monoisotopic (exact) mass is 306 g/mol. The van der Waals surface area contributed by atoms with Crippen LogP contribution in [0.3, 0.4) is 0 Å². The van der Waals surface area contributed by atoms with Gasteiger partial charge in [-0.1, -0.05) is 6.92 Å². The summed E-state index contributed by atoms with van der Waals surface area (Å²) in [7, 11) is 0. The zero-order chi connectivity index (χ0) is 15.5. The van der Waals surface area contributed by atoms with E-state index in [2.05, 4.69) is 12.2 Å². The van der Waals surface area contributed by atoms with Crippen LogP contribution in [0.15, 0.2) is 0 Å². The van der Waals surface area contributed by atoms with Crippen molar-refractivity contribution in [3.05, 3.63) is 10.1 Å². The number of hydrogen-bond donors (Lipinski definition) is 1. The van der Waals surface area contributed by atoms with Crippen molar-refractivity contribution in [1.82, 2.24) is 5.32 Å². The molecule has 1 amide bonds. The predicted octanol–water partition coefficient (Wildman–Crippen LogP) is 2.76. The van der Waals surface area contributed by atoms with Crippen molar-refractivity contribution in [2.75, 3.05) is 0 Å². The highest BCUT2D eigenvalue weighted by Crippen LogP contribution is 2.61. The van der Waals surface area contributed by atoms with Crippen LogP contribution in [0.25, 0.3) is 0 Å². The fourth-order valence-electron chi connectivity index (χ4n) is 6.27. The summed E-state index contributed by atoms with van der Waals surface area (Å²) in [5, 5.41) is 14.0. The number of nitrogens with one attached hydrogen (secondary N) is 1. The Morgan fingerprint density at radius 3 is 2.14 bits per heavy atom. The Balaban J connectivity index is 1.46. The smallest absolute Gasteiger partial charge is 0.230 e. The highest BCUT2D eigenvalue weighted by molar-refractivity contribution is 5.82. The molecule has 0 aromatic carbocycles. The molecule has 5 aliphatic rings. The van der Waals surface area contributed by atoms with Crippen molar-refractivity contribution in [3.63, 3.8) is 0 Å². The number of nitro groups is 1. The third-order valence-electron chi connectivity index (χ3n) is 6.91. The van der Waals surface area contributed by atoms with Gasteiger partial charge >= 0.3 is 0 Å². The van der Waals surface area contributed by atoms with E-state index < -0.39 is 6.04 Å². The summed E-state index contributed by atoms with van der Waals surface area (Å²) in [4.78, 5) is 22.9. The lowest BCUT2D eigenvalue weighted by atomic mass is 9.47. The average Bonchev–Trinajstić information content (AvgIpc) is 3.23. The van der Waals surface area contributed by atoms with Crippen molar-refractivity contribution >= 4 is 5.91 Å². The van der Waals surface area contributed by atoms with Crippen LogP contribution in [0, 0.1) is 39.2 Å². The number of rotatable bonds is 5. The summed E-state index contributed by atoms with van der Waals surface area (Å²) in [5.74, 6) is 2.15. The second-order valence-electron chi connectivity index (χ2n) is 8.44. The Bertz CT molecular complexity index is 469. The van der Waals surface area contributed by atoms with E-state index in [0.29, 0.717) is 6.42 Å². The van der Waals surface area contributed by atoms with Crippen molar-refractivity contribution in [3.8, 4) is 0 Å². The molecule has 0 unspecified atom stereocenters. The van der Waals surface area contributed by atoms with Crippen LogP contribution in [-0.4, -0.2) is 22.9 Å². The Kier molecular flexibility index (Phi) is 3.24. The zero-order valence-corrected chi connectivity index (χ0v) is 13.3. The van der Waals surface area contributed by atoms with Gasteiger partial charge in [0.2, 0.25) is 11.9 Å². The third kappa shape index (κ3) is 2.24. The van der Waals surface area contributed by atoms with Gasteiger partial charge in [0.05, 0.1) is 0 Å². The maximum atomic E-state index is 12.4. The maximum absolute atomic E-state index is 12.4. The first-order chi connectivity index (χ1) is 10.5. The minimum Gasteiger partial charge on any atom is -0.352 e. The van der Waals surface area contributed by atoms with Crippen molar-refractivity contribution in [1.29, 1.82) is 0 Å². The molecular formula is C17H26N2O3. The van der Waals surface area contributed by atoms with Gasteiger partial charge in [0.25, 0.3) is 0 Å². The van der Waals surface area contributed by atoms with Gasteiger partial charge in [0.15, 0.2) is 0 Å². The number of nitrogens with zero attached hydrogens (tertiary/aromatic N) is 1. The van der Waals surface area contributed by atoms with Crippen LogP contribution < -0.4 is 5.32 Å². The highest BCUT2D eigenvalue weighted by Gasteiger charge is 2.57. The van der Waals surface area contributed by atoms with Gasteiger partial charge in [0.1, 0.15) is 5.92 Å². The van der Waals surface area contributed by atoms with Gasteiger partial charge in [-0.25, -0.2) is 0 Å². The molecule has 0 spiro atoms. The van der Waals surface area contributed by atoms with E-state index >= 15 is 0 Å². The van der Waals surface area contributed by atoms with Gasteiger partial charge in [-0.2, -0.15) is 0 Å². The average molecular weight is 306 g/mol. The normalized spacial score (nSPS) is 46.3. The Morgan fingerprint density at radius 2 is 1.73 bits per heavy atom. The molecule has 5 saturated carbocycles. The van der Waals surface area contributed by atoms with Gasteiger partial charge in [-0.15, -0.1) is 0 Å². The van der Waals surface area contributed by atoms with E-state index in [1.54, 1.807) is 0 Å². The summed E-state index contributed by atoms with van der Waals surface area (Å²) in [5.41, 5.74) is 0.290. The van der Waals surface area contributed by atoms with Crippen LogP contribution >= 0.6 is 0 Å². The molecule has 0 saturated heterocycles. The fourth-order valence-corrected chi connectivity index (χ4v) is 6.27. The molecule has 22 heavy (non-hydrogen) atoms. The van der Waals surface area contributed by atoms with Gasteiger partial charge in [0, 0.05) is 17.4 Å². The zero-order valence-electron chi connectivity index (χ0n) is 13.3. The van der Waals surface area contributed by atoms with Crippen LogP contribution in [0.1, 0.15) is 58.3 Å². The molecule has 0 aliphatic heterocycles. The molecule has 5 fully saturated rings. The lowest BCUT2D eigenvalue weighted by Gasteiger charge is -2.59. The third-order valence-corrected chi connectivity index (χ3v) is 6.91. The Labute approximate surface area is 131 Å². The second kappa shape index (κ2) is 4.93. The van der Waals surface area contributed by atoms with E-state index in [4.69, 9.17) is 0 Å².